The monoisotopic (exact) mass is 270 g/mol. The number of rotatable bonds is 1. The minimum Gasteiger partial charge on any atom is -0.334 e. The van der Waals surface area contributed by atoms with E-state index in [0.717, 1.165) is 28.0 Å². The zero-order valence-electron chi connectivity index (χ0n) is 12.9. The number of aromatic nitrogens is 4. The van der Waals surface area contributed by atoms with Crippen molar-refractivity contribution < 1.29 is 0 Å². The first-order valence-corrected chi connectivity index (χ1v) is 6.98. The molecule has 1 aromatic carbocycles. The maximum absolute atomic E-state index is 4.53. The molecule has 3 aromatic rings. The molecule has 0 aliphatic heterocycles. The molecule has 4 heteroatoms. The van der Waals surface area contributed by atoms with Gasteiger partial charge in [-0.15, -0.1) is 0 Å². The highest BCUT2D eigenvalue weighted by atomic mass is 15.2. The maximum atomic E-state index is 4.53. The summed E-state index contributed by atoms with van der Waals surface area (Å²) in [5.74, 6) is 0.994. The number of aryl methyl sites for hydroxylation is 3. The van der Waals surface area contributed by atoms with Gasteiger partial charge in [-0.05, 0) is 25.1 Å². The van der Waals surface area contributed by atoms with Crippen LogP contribution in [0.25, 0.3) is 22.3 Å². The fourth-order valence-electron chi connectivity index (χ4n) is 2.19. The predicted octanol–water partition coefficient (Wildman–Crippen LogP) is 3.70. The average molecular weight is 270 g/mol. The van der Waals surface area contributed by atoms with Crippen molar-refractivity contribution >= 4 is 10.9 Å². The lowest BCUT2D eigenvalue weighted by molar-refractivity contribution is 0.797. The van der Waals surface area contributed by atoms with Gasteiger partial charge in [-0.3, -0.25) is 4.68 Å². The van der Waals surface area contributed by atoms with Gasteiger partial charge in [-0.2, -0.15) is 5.10 Å². The lowest BCUT2D eigenvalue weighted by Gasteiger charge is -2.02. The molecule has 2 heterocycles. The van der Waals surface area contributed by atoms with Gasteiger partial charge >= 0.3 is 0 Å². The van der Waals surface area contributed by atoms with Crippen LogP contribution in [0.1, 0.15) is 26.0 Å². The van der Waals surface area contributed by atoms with Crippen molar-refractivity contribution in [1.29, 1.82) is 0 Å². The zero-order chi connectivity index (χ0) is 14.7. The summed E-state index contributed by atoms with van der Waals surface area (Å²) in [7, 11) is 3.97. The molecule has 0 saturated carbocycles. The molecular weight excluding hydrogens is 248 g/mol. The number of imidazole rings is 1. The standard InChI is InChI=1S/C13H14N4.C3H8/c1-9-8-16(2)13(15-9)10-4-5-12-11(6-10)7-14-17(12)3;1-3-2/h4-8H,1-3H3;3H2,1-2H3. The number of nitrogens with zero attached hydrogens (tertiary/aromatic N) is 4. The minimum absolute atomic E-state index is 0.994. The third-order valence-corrected chi connectivity index (χ3v) is 3.00. The van der Waals surface area contributed by atoms with Crippen LogP contribution < -0.4 is 0 Å². The van der Waals surface area contributed by atoms with Crippen LogP contribution in [0.5, 0.6) is 0 Å². The Bertz CT molecular complexity index is 706. The van der Waals surface area contributed by atoms with Crippen molar-refractivity contribution in [2.24, 2.45) is 14.1 Å². The third-order valence-electron chi connectivity index (χ3n) is 3.00. The van der Waals surface area contributed by atoms with Crippen molar-refractivity contribution in [3.63, 3.8) is 0 Å². The first kappa shape index (κ1) is 14.3. The highest BCUT2D eigenvalue weighted by molar-refractivity contribution is 5.83. The molecule has 0 atom stereocenters. The Morgan fingerprint density at radius 1 is 1.15 bits per heavy atom. The van der Waals surface area contributed by atoms with Crippen molar-refractivity contribution in [3.05, 3.63) is 36.3 Å². The summed E-state index contributed by atoms with van der Waals surface area (Å²) in [5.41, 5.74) is 3.30. The van der Waals surface area contributed by atoms with E-state index in [-0.39, 0.29) is 0 Å². The fourth-order valence-corrected chi connectivity index (χ4v) is 2.19. The molecule has 2 aromatic heterocycles. The molecule has 0 spiro atoms. The number of hydrogen-bond donors (Lipinski definition) is 0. The molecule has 0 saturated heterocycles. The Balaban J connectivity index is 0.000000452. The normalized spacial score (nSPS) is 10.4. The van der Waals surface area contributed by atoms with Gasteiger partial charge in [0.2, 0.25) is 0 Å². The summed E-state index contributed by atoms with van der Waals surface area (Å²) >= 11 is 0. The quantitative estimate of drug-likeness (QED) is 0.676. The van der Waals surface area contributed by atoms with Crippen LogP contribution in [0.2, 0.25) is 0 Å². The lowest BCUT2D eigenvalue weighted by Crippen LogP contribution is -1.92. The fraction of sp³-hybridized carbons (Fsp3) is 0.375. The SMILES string of the molecule is CCC.Cc1cn(C)c(-c2ccc3c(cnn3C)c2)n1. The Labute approximate surface area is 120 Å². The summed E-state index contributed by atoms with van der Waals surface area (Å²) < 4.78 is 3.93. The molecule has 106 valence electrons. The van der Waals surface area contributed by atoms with E-state index in [2.05, 4.69) is 42.1 Å². The maximum Gasteiger partial charge on any atom is 0.139 e. The topological polar surface area (TPSA) is 35.6 Å². The largest absolute Gasteiger partial charge is 0.334 e. The molecule has 0 aliphatic rings. The van der Waals surface area contributed by atoms with E-state index < -0.39 is 0 Å². The summed E-state index contributed by atoms with van der Waals surface area (Å²) in [4.78, 5) is 4.53. The van der Waals surface area contributed by atoms with Crippen molar-refractivity contribution in [2.75, 3.05) is 0 Å². The average Bonchev–Trinajstić information content (AvgIpc) is 2.93. The van der Waals surface area contributed by atoms with Crippen molar-refractivity contribution in [1.82, 2.24) is 19.3 Å². The van der Waals surface area contributed by atoms with E-state index in [1.807, 2.05) is 42.7 Å². The van der Waals surface area contributed by atoms with E-state index >= 15 is 0 Å². The summed E-state index contributed by atoms with van der Waals surface area (Å²) in [6.45, 7) is 6.26. The number of fused-ring (bicyclic) bond motifs is 1. The highest BCUT2D eigenvalue weighted by Gasteiger charge is 2.07. The summed E-state index contributed by atoms with van der Waals surface area (Å²) in [6, 6.07) is 6.30. The van der Waals surface area contributed by atoms with Crippen LogP contribution in [0, 0.1) is 6.92 Å². The predicted molar refractivity (Wildman–Crippen MR) is 83.6 cm³/mol. The van der Waals surface area contributed by atoms with Crippen molar-refractivity contribution in [2.45, 2.75) is 27.2 Å². The van der Waals surface area contributed by atoms with Gasteiger partial charge in [0.25, 0.3) is 0 Å². The Morgan fingerprint density at radius 2 is 1.85 bits per heavy atom. The number of hydrogen-bond acceptors (Lipinski definition) is 2. The molecular formula is C16H22N4. The van der Waals surface area contributed by atoms with Crippen LogP contribution >= 0.6 is 0 Å². The van der Waals surface area contributed by atoms with E-state index in [9.17, 15) is 0 Å². The zero-order valence-corrected chi connectivity index (χ0v) is 12.9. The molecule has 3 rings (SSSR count). The Hall–Kier alpha value is -2.10. The smallest absolute Gasteiger partial charge is 0.139 e. The highest BCUT2D eigenvalue weighted by Crippen LogP contribution is 2.23. The Kier molecular flexibility index (Phi) is 4.23. The molecule has 0 fully saturated rings. The Morgan fingerprint density at radius 3 is 2.45 bits per heavy atom. The molecule has 4 nitrogen and oxygen atoms in total. The summed E-state index contributed by atoms with van der Waals surface area (Å²) in [6.07, 6.45) is 5.16. The molecule has 0 aliphatic carbocycles. The second-order valence-electron chi connectivity index (χ2n) is 5.07. The lowest BCUT2D eigenvalue weighted by atomic mass is 10.1. The molecule has 0 unspecified atom stereocenters. The first-order valence-electron chi connectivity index (χ1n) is 6.98. The van der Waals surface area contributed by atoms with E-state index in [4.69, 9.17) is 0 Å². The van der Waals surface area contributed by atoms with Crippen LogP contribution in [0.15, 0.2) is 30.6 Å². The minimum atomic E-state index is 0.994. The molecule has 0 radical (unpaired) electrons. The van der Waals surface area contributed by atoms with Gasteiger partial charge in [0.15, 0.2) is 0 Å². The third kappa shape index (κ3) is 2.74. The van der Waals surface area contributed by atoms with Crippen LogP contribution in [-0.2, 0) is 14.1 Å². The van der Waals surface area contributed by atoms with E-state index in [1.54, 1.807) is 0 Å². The molecule has 0 amide bonds. The van der Waals surface area contributed by atoms with Gasteiger partial charge in [0, 0.05) is 31.2 Å². The van der Waals surface area contributed by atoms with E-state index in [0.29, 0.717) is 0 Å². The van der Waals surface area contributed by atoms with E-state index in [1.165, 1.54) is 6.42 Å². The van der Waals surface area contributed by atoms with Gasteiger partial charge in [-0.1, -0.05) is 20.3 Å². The first-order chi connectivity index (χ1) is 9.56. The van der Waals surface area contributed by atoms with Gasteiger partial charge in [-0.25, -0.2) is 4.98 Å². The summed E-state index contributed by atoms with van der Waals surface area (Å²) in [5, 5.41) is 5.39. The van der Waals surface area contributed by atoms with Crippen LogP contribution in [-0.4, -0.2) is 19.3 Å². The van der Waals surface area contributed by atoms with Crippen LogP contribution in [0.3, 0.4) is 0 Å². The molecule has 0 N–H and O–H groups in total. The van der Waals surface area contributed by atoms with Gasteiger partial charge in [0.05, 0.1) is 17.4 Å². The number of benzene rings is 1. The van der Waals surface area contributed by atoms with Gasteiger partial charge in [0.1, 0.15) is 5.82 Å². The van der Waals surface area contributed by atoms with Crippen molar-refractivity contribution in [3.8, 4) is 11.4 Å². The second-order valence-corrected chi connectivity index (χ2v) is 5.07. The molecule has 0 bridgehead atoms. The second kappa shape index (κ2) is 5.90. The van der Waals surface area contributed by atoms with Crippen LogP contribution in [0.4, 0.5) is 0 Å². The van der Waals surface area contributed by atoms with Gasteiger partial charge < -0.3 is 4.57 Å². The molecule has 20 heavy (non-hydrogen) atoms.